The Bertz CT molecular complexity index is 811. The van der Waals surface area contributed by atoms with E-state index in [0.29, 0.717) is 12.4 Å². The number of nitrogens with two attached hydrogens (primary N) is 1. The van der Waals surface area contributed by atoms with E-state index in [1.54, 1.807) is 17.8 Å². The second-order valence-electron chi connectivity index (χ2n) is 5.97. The topological polar surface area (TPSA) is 125 Å². The summed E-state index contributed by atoms with van der Waals surface area (Å²) in [4.78, 5) is 22.8. The molecule has 3 rings (SSSR count). The fourth-order valence-corrected chi connectivity index (χ4v) is 2.82. The Labute approximate surface area is 143 Å². The second-order valence-corrected chi connectivity index (χ2v) is 5.97. The van der Waals surface area contributed by atoms with E-state index in [2.05, 4.69) is 10.4 Å². The number of anilines is 2. The summed E-state index contributed by atoms with van der Waals surface area (Å²) in [6.07, 6.45) is 1.97. The molecular formula is C16H19N5O4. The van der Waals surface area contributed by atoms with Crippen LogP contribution in [0.15, 0.2) is 24.3 Å². The van der Waals surface area contributed by atoms with Gasteiger partial charge in [-0.1, -0.05) is 0 Å². The summed E-state index contributed by atoms with van der Waals surface area (Å²) in [5.41, 5.74) is 6.67. The molecule has 132 valence electrons. The summed E-state index contributed by atoms with van der Waals surface area (Å²) in [5.74, 6) is 0.181. The monoisotopic (exact) mass is 345 g/mol. The summed E-state index contributed by atoms with van der Waals surface area (Å²) in [6, 6.07) is 5.57. The van der Waals surface area contributed by atoms with E-state index < -0.39 is 10.8 Å². The van der Waals surface area contributed by atoms with Gasteiger partial charge in [0.25, 0.3) is 11.6 Å². The fourth-order valence-electron chi connectivity index (χ4n) is 2.82. The van der Waals surface area contributed by atoms with Gasteiger partial charge < -0.3 is 15.8 Å². The van der Waals surface area contributed by atoms with Crippen LogP contribution in [0.1, 0.15) is 34.8 Å². The van der Waals surface area contributed by atoms with Gasteiger partial charge in [-0.15, -0.1) is 0 Å². The van der Waals surface area contributed by atoms with Crippen molar-refractivity contribution in [2.45, 2.75) is 18.8 Å². The highest BCUT2D eigenvalue weighted by atomic mass is 16.6. The number of nitrogens with zero attached hydrogens (tertiary/aromatic N) is 3. The summed E-state index contributed by atoms with van der Waals surface area (Å²) in [5, 5.41) is 18.0. The molecule has 3 N–H and O–H groups in total. The maximum atomic E-state index is 12.5. The van der Waals surface area contributed by atoms with Crippen molar-refractivity contribution < 1.29 is 14.5 Å². The normalized spacial score (nSPS) is 17.2. The average molecular weight is 345 g/mol. The van der Waals surface area contributed by atoms with Crippen LogP contribution in [0.4, 0.5) is 17.2 Å². The number of nitrogen functional groups attached to an aromatic ring is 1. The summed E-state index contributed by atoms with van der Waals surface area (Å²) in [6.45, 7) is 1.38. The number of ether oxygens (including phenoxy) is 1. The van der Waals surface area contributed by atoms with Gasteiger partial charge in [0.2, 0.25) is 0 Å². The number of benzene rings is 1. The second kappa shape index (κ2) is 6.89. The molecule has 1 fully saturated rings. The highest BCUT2D eigenvalue weighted by Crippen LogP contribution is 2.27. The summed E-state index contributed by atoms with van der Waals surface area (Å²) >= 11 is 0. The van der Waals surface area contributed by atoms with Gasteiger partial charge in [-0.3, -0.25) is 19.6 Å². The molecule has 1 aliphatic heterocycles. The largest absolute Gasteiger partial charge is 0.398 e. The van der Waals surface area contributed by atoms with Gasteiger partial charge in [0.15, 0.2) is 0 Å². The third-order valence-electron chi connectivity index (χ3n) is 4.21. The first-order chi connectivity index (χ1) is 12.0. The lowest BCUT2D eigenvalue weighted by Gasteiger charge is -2.19. The number of hydrogen-bond acceptors (Lipinski definition) is 6. The molecule has 1 aromatic carbocycles. The SMILES string of the molecule is Cn1nc(C2CCCOC2)cc1NC(=O)c1cc([N+](=O)[O-])ccc1N. The Balaban J connectivity index is 1.80. The number of carbonyl (C=O) groups excluding carboxylic acids is 1. The molecule has 0 saturated carbocycles. The molecule has 1 saturated heterocycles. The molecule has 1 atom stereocenters. The highest BCUT2D eigenvalue weighted by Gasteiger charge is 2.21. The minimum Gasteiger partial charge on any atom is -0.398 e. The predicted octanol–water partition coefficient (Wildman–Crippen LogP) is 2.06. The van der Waals surface area contributed by atoms with Crippen LogP contribution in [0.3, 0.4) is 0 Å². The molecule has 0 bridgehead atoms. The summed E-state index contributed by atoms with van der Waals surface area (Å²) < 4.78 is 7.04. The molecule has 0 aliphatic carbocycles. The van der Waals surface area contributed by atoms with E-state index in [1.807, 2.05) is 0 Å². The van der Waals surface area contributed by atoms with E-state index in [1.165, 1.54) is 12.1 Å². The minimum absolute atomic E-state index is 0.0537. The number of aryl methyl sites for hydroxylation is 1. The molecule has 9 heteroatoms. The molecular weight excluding hydrogens is 326 g/mol. The van der Waals surface area contributed by atoms with E-state index in [9.17, 15) is 14.9 Å². The molecule has 1 aliphatic rings. The number of rotatable bonds is 4. The minimum atomic E-state index is -0.568. The van der Waals surface area contributed by atoms with Gasteiger partial charge in [-0.2, -0.15) is 5.10 Å². The number of aromatic nitrogens is 2. The van der Waals surface area contributed by atoms with E-state index >= 15 is 0 Å². The number of nitro groups is 1. The highest BCUT2D eigenvalue weighted by molar-refractivity contribution is 6.07. The van der Waals surface area contributed by atoms with Crippen LogP contribution in [0.25, 0.3) is 0 Å². The van der Waals surface area contributed by atoms with Crippen molar-refractivity contribution in [2.24, 2.45) is 7.05 Å². The molecule has 0 radical (unpaired) electrons. The van der Waals surface area contributed by atoms with Crippen molar-refractivity contribution in [2.75, 3.05) is 24.3 Å². The number of nitro benzene ring substituents is 1. The lowest BCUT2D eigenvalue weighted by Crippen LogP contribution is -2.16. The van der Waals surface area contributed by atoms with Crippen molar-refractivity contribution in [3.05, 3.63) is 45.6 Å². The van der Waals surface area contributed by atoms with Crippen molar-refractivity contribution in [1.82, 2.24) is 9.78 Å². The van der Waals surface area contributed by atoms with Crippen LogP contribution in [0.5, 0.6) is 0 Å². The van der Waals surface area contributed by atoms with Crippen LogP contribution < -0.4 is 11.1 Å². The Kier molecular flexibility index (Phi) is 4.66. The smallest absolute Gasteiger partial charge is 0.270 e. The number of non-ortho nitro benzene ring substituents is 1. The number of hydrogen-bond donors (Lipinski definition) is 2. The first-order valence-electron chi connectivity index (χ1n) is 7.92. The number of carbonyl (C=O) groups is 1. The van der Waals surface area contributed by atoms with Crippen molar-refractivity contribution in [3.63, 3.8) is 0 Å². The van der Waals surface area contributed by atoms with Crippen LogP contribution >= 0.6 is 0 Å². The molecule has 1 amide bonds. The Morgan fingerprint density at radius 2 is 2.28 bits per heavy atom. The predicted molar refractivity (Wildman–Crippen MR) is 91.5 cm³/mol. The molecule has 1 unspecified atom stereocenters. The zero-order chi connectivity index (χ0) is 18.0. The van der Waals surface area contributed by atoms with E-state index in [-0.39, 0.29) is 22.9 Å². The lowest BCUT2D eigenvalue weighted by molar-refractivity contribution is -0.384. The van der Waals surface area contributed by atoms with Gasteiger partial charge >= 0.3 is 0 Å². The standard InChI is InChI=1S/C16H19N5O4/c1-20-15(8-14(19-20)10-3-2-6-25-9-10)18-16(22)12-7-11(21(23)24)4-5-13(12)17/h4-5,7-8,10H,2-3,6,9,17H2,1H3,(H,18,22). The lowest BCUT2D eigenvalue weighted by atomic mass is 9.99. The van der Waals surface area contributed by atoms with E-state index in [4.69, 9.17) is 10.5 Å². The Hall–Kier alpha value is -2.94. The molecule has 2 aromatic rings. The van der Waals surface area contributed by atoms with Crippen molar-refractivity contribution in [1.29, 1.82) is 0 Å². The maximum Gasteiger partial charge on any atom is 0.270 e. The first-order valence-corrected chi connectivity index (χ1v) is 7.92. The fraction of sp³-hybridized carbons (Fsp3) is 0.375. The third-order valence-corrected chi connectivity index (χ3v) is 4.21. The van der Waals surface area contributed by atoms with Crippen molar-refractivity contribution >= 4 is 23.1 Å². The van der Waals surface area contributed by atoms with Gasteiger partial charge in [-0.05, 0) is 18.9 Å². The zero-order valence-corrected chi connectivity index (χ0v) is 13.8. The Morgan fingerprint density at radius 3 is 2.96 bits per heavy atom. The average Bonchev–Trinajstić information content (AvgIpc) is 2.96. The van der Waals surface area contributed by atoms with Gasteiger partial charge in [0.1, 0.15) is 5.82 Å². The zero-order valence-electron chi connectivity index (χ0n) is 13.8. The van der Waals surface area contributed by atoms with Gasteiger partial charge in [0, 0.05) is 43.5 Å². The van der Waals surface area contributed by atoms with Crippen LogP contribution in [-0.4, -0.2) is 33.8 Å². The number of amides is 1. The molecule has 0 spiro atoms. The Morgan fingerprint density at radius 1 is 1.48 bits per heavy atom. The number of nitrogens with one attached hydrogen (secondary N) is 1. The maximum absolute atomic E-state index is 12.5. The van der Waals surface area contributed by atoms with Gasteiger partial charge in [0.05, 0.1) is 22.8 Å². The molecule has 25 heavy (non-hydrogen) atoms. The third kappa shape index (κ3) is 3.61. The summed E-state index contributed by atoms with van der Waals surface area (Å²) in [7, 11) is 1.72. The molecule has 2 heterocycles. The van der Waals surface area contributed by atoms with Crippen molar-refractivity contribution in [3.8, 4) is 0 Å². The van der Waals surface area contributed by atoms with Gasteiger partial charge in [-0.25, -0.2) is 0 Å². The first kappa shape index (κ1) is 16.9. The van der Waals surface area contributed by atoms with Crippen LogP contribution in [-0.2, 0) is 11.8 Å². The van der Waals surface area contributed by atoms with Crippen LogP contribution in [0, 0.1) is 10.1 Å². The molecule has 1 aromatic heterocycles. The quantitative estimate of drug-likeness (QED) is 0.496. The van der Waals surface area contributed by atoms with E-state index in [0.717, 1.165) is 31.2 Å². The molecule has 9 nitrogen and oxygen atoms in total. The van der Waals surface area contributed by atoms with Crippen LogP contribution in [0.2, 0.25) is 0 Å².